The summed E-state index contributed by atoms with van der Waals surface area (Å²) in [4.78, 5) is 11.9. The molecule has 1 amide bonds. The first-order valence-electron chi connectivity index (χ1n) is 8.41. The van der Waals surface area contributed by atoms with Gasteiger partial charge >= 0.3 is 0 Å². The molecule has 3 rings (SSSR count). The summed E-state index contributed by atoms with van der Waals surface area (Å²) in [5.41, 5.74) is 3.42. The van der Waals surface area contributed by atoms with Gasteiger partial charge in [-0.25, -0.2) is 5.43 Å². The van der Waals surface area contributed by atoms with Crippen LogP contribution in [0.1, 0.15) is 12.5 Å². The molecule has 0 fully saturated rings. The average Bonchev–Trinajstić information content (AvgIpc) is 2.68. The van der Waals surface area contributed by atoms with Crippen molar-refractivity contribution in [3.05, 3.63) is 72.3 Å². The summed E-state index contributed by atoms with van der Waals surface area (Å²) in [6.07, 6.45) is 1.64. The van der Waals surface area contributed by atoms with Crippen LogP contribution in [0, 0.1) is 0 Å². The van der Waals surface area contributed by atoms with Crippen molar-refractivity contribution in [1.82, 2.24) is 5.43 Å². The molecule has 1 N–H and O–H groups in total. The highest BCUT2D eigenvalue weighted by Gasteiger charge is 2.02. The largest absolute Gasteiger partial charge is 0.494 e. The summed E-state index contributed by atoms with van der Waals surface area (Å²) in [7, 11) is 0. The van der Waals surface area contributed by atoms with Gasteiger partial charge in [-0.3, -0.25) is 4.79 Å². The molecule has 0 saturated carbocycles. The van der Waals surface area contributed by atoms with Crippen LogP contribution in [0.4, 0.5) is 0 Å². The van der Waals surface area contributed by atoms with Crippen LogP contribution >= 0.6 is 0 Å². The van der Waals surface area contributed by atoms with Gasteiger partial charge in [-0.05, 0) is 42.0 Å². The number of nitrogens with zero attached hydrogens (tertiary/aromatic N) is 1. The molecule has 3 aromatic rings. The summed E-state index contributed by atoms with van der Waals surface area (Å²) >= 11 is 0. The number of benzene rings is 3. The van der Waals surface area contributed by atoms with Crippen molar-refractivity contribution in [3.8, 4) is 11.5 Å². The van der Waals surface area contributed by atoms with E-state index in [9.17, 15) is 4.79 Å². The Labute approximate surface area is 152 Å². The summed E-state index contributed by atoms with van der Waals surface area (Å²) in [5, 5.41) is 6.23. The molecular weight excluding hydrogens is 328 g/mol. The fourth-order valence-electron chi connectivity index (χ4n) is 2.52. The third-order valence-electron chi connectivity index (χ3n) is 3.72. The van der Waals surface area contributed by atoms with E-state index in [-0.39, 0.29) is 12.5 Å². The molecule has 0 saturated heterocycles. The molecule has 0 unspecified atom stereocenters. The number of amides is 1. The molecule has 0 aliphatic rings. The van der Waals surface area contributed by atoms with Crippen molar-refractivity contribution in [2.45, 2.75) is 6.92 Å². The van der Waals surface area contributed by atoms with E-state index in [0.29, 0.717) is 12.4 Å². The Morgan fingerprint density at radius 3 is 2.42 bits per heavy atom. The molecule has 5 nitrogen and oxygen atoms in total. The molecule has 0 aromatic heterocycles. The molecular formula is C21H20N2O3. The maximum absolute atomic E-state index is 11.9. The second-order valence-electron chi connectivity index (χ2n) is 5.55. The normalized spacial score (nSPS) is 10.8. The van der Waals surface area contributed by atoms with Crippen molar-refractivity contribution in [2.24, 2.45) is 5.10 Å². The lowest BCUT2D eigenvalue weighted by molar-refractivity contribution is -0.123. The fourth-order valence-corrected chi connectivity index (χ4v) is 2.52. The molecule has 0 spiro atoms. The van der Waals surface area contributed by atoms with Crippen LogP contribution in [0.3, 0.4) is 0 Å². The third-order valence-corrected chi connectivity index (χ3v) is 3.72. The predicted octanol–water partition coefficient (Wildman–Crippen LogP) is 3.77. The van der Waals surface area contributed by atoms with Crippen LogP contribution in [0.25, 0.3) is 10.8 Å². The van der Waals surface area contributed by atoms with Gasteiger partial charge in [0.2, 0.25) is 0 Å². The predicted molar refractivity (Wildman–Crippen MR) is 103 cm³/mol. The number of hydrogen-bond donors (Lipinski definition) is 1. The molecule has 5 heteroatoms. The first kappa shape index (κ1) is 17.5. The smallest absolute Gasteiger partial charge is 0.277 e. The van der Waals surface area contributed by atoms with Gasteiger partial charge in [0.1, 0.15) is 11.5 Å². The van der Waals surface area contributed by atoms with E-state index in [4.69, 9.17) is 9.47 Å². The van der Waals surface area contributed by atoms with Gasteiger partial charge in [0, 0.05) is 5.56 Å². The van der Waals surface area contributed by atoms with Crippen LogP contribution in [0.5, 0.6) is 11.5 Å². The maximum Gasteiger partial charge on any atom is 0.277 e. The number of ether oxygens (including phenoxy) is 2. The molecule has 132 valence electrons. The Balaban J connectivity index is 1.52. The van der Waals surface area contributed by atoms with E-state index >= 15 is 0 Å². The Morgan fingerprint density at radius 1 is 0.962 bits per heavy atom. The van der Waals surface area contributed by atoms with E-state index in [1.165, 1.54) is 0 Å². The molecule has 0 bridgehead atoms. The Kier molecular flexibility index (Phi) is 5.83. The minimum atomic E-state index is -0.324. The van der Waals surface area contributed by atoms with Gasteiger partial charge in [-0.1, -0.05) is 42.5 Å². The summed E-state index contributed by atoms with van der Waals surface area (Å²) in [6.45, 7) is 2.42. The van der Waals surface area contributed by atoms with Crippen molar-refractivity contribution >= 4 is 22.9 Å². The SMILES string of the molecule is CCOc1ccc(OCC(=O)N/N=C/c2cccc3ccccc23)cc1. The monoisotopic (exact) mass is 348 g/mol. The van der Waals surface area contributed by atoms with Crippen molar-refractivity contribution in [1.29, 1.82) is 0 Å². The minimum Gasteiger partial charge on any atom is -0.494 e. The number of hydrogen-bond acceptors (Lipinski definition) is 4. The zero-order valence-corrected chi connectivity index (χ0v) is 14.5. The van der Waals surface area contributed by atoms with Crippen LogP contribution in [-0.2, 0) is 4.79 Å². The van der Waals surface area contributed by atoms with Gasteiger partial charge in [-0.2, -0.15) is 5.10 Å². The lowest BCUT2D eigenvalue weighted by Crippen LogP contribution is -2.24. The van der Waals surface area contributed by atoms with Gasteiger partial charge < -0.3 is 9.47 Å². The topological polar surface area (TPSA) is 59.9 Å². The highest BCUT2D eigenvalue weighted by atomic mass is 16.5. The summed E-state index contributed by atoms with van der Waals surface area (Å²) in [6, 6.07) is 21.1. The van der Waals surface area contributed by atoms with Gasteiger partial charge in [0.25, 0.3) is 5.91 Å². The average molecular weight is 348 g/mol. The van der Waals surface area contributed by atoms with E-state index in [2.05, 4.69) is 10.5 Å². The van der Waals surface area contributed by atoms with Crippen molar-refractivity contribution < 1.29 is 14.3 Å². The minimum absolute atomic E-state index is 0.110. The van der Waals surface area contributed by atoms with Crippen molar-refractivity contribution in [2.75, 3.05) is 13.2 Å². The second-order valence-corrected chi connectivity index (χ2v) is 5.55. The third kappa shape index (κ3) is 4.60. The van der Waals surface area contributed by atoms with Gasteiger partial charge in [-0.15, -0.1) is 0 Å². The summed E-state index contributed by atoms with van der Waals surface area (Å²) in [5.74, 6) is 1.04. The number of hydrazone groups is 1. The quantitative estimate of drug-likeness (QED) is 0.522. The van der Waals surface area contributed by atoms with Crippen LogP contribution in [-0.4, -0.2) is 25.3 Å². The zero-order chi connectivity index (χ0) is 18.2. The Bertz CT molecular complexity index is 899. The number of nitrogens with one attached hydrogen (secondary N) is 1. The molecule has 0 aliphatic heterocycles. The molecule has 0 aliphatic carbocycles. The highest BCUT2D eigenvalue weighted by molar-refractivity contribution is 5.99. The number of fused-ring (bicyclic) bond motifs is 1. The fraction of sp³-hybridized carbons (Fsp3) is 0.143. The van der Waals surface area contributed by atoms with Crippen LogP contribution in [0.2, 0.25) is 0 Å². The highest BCUT2D eigenvalue weighted by Crippen LogP contribution is 2.18. The van der Waals surface area contributed by atoms with Gasteiger partial charge in [0.15, 0.2) is 6.61 Å². The summed E-state index contributed by atoms with van der Waals surface area (Å²) < 4.78 is 10.8. The standard InChI is InChI=1S/C21H20N2O3/c1-2-25-18-10-12-19(13-11-18)26-15-21(24)23-22-14-17-8-5-7-16-6-3-4-9-20(16)17/h3-14H,2,15H2,1H3,(H,23,24)/b22-14+. The molecule has 3 aromatic carbocycles. The van der Waals surface area contributed by atoms with E-state index in [1.807, 2.05) is 49.4 Å². The first-order chi connectivity index (χ1) is 12.8. The van der Waals surface area contributed by atoms with Crippen LogP contribution in [0.15, 0.2) is 71.8 Å². The lowest BCUT2D eigenvalue weighted by Gasteiger charge is -2.07. The van der Waals surface area contributed by atoms with Crippen molar-refractivity contribution in [3.63, 3.8) is 0 Å². The van der Waals surface area contributed by atoms with Gasteiger partial charge in [0.05, 0.1) is 12.8 Å². The van der Waals surface area contributed by atoms with E-state index in [0.717, 1.165) is 22.1 Å². The Morgan fingerprint density at radius 2 is 1.65 bits per heavy atom. The van der Waals surface area contributed by atoms with E-state index < -0.39 is 0 Å². The molecule has 0 radical (unpaired) electrons. The molecule has 26 heavy (non-hydrogen) atoms. The molecule has 0 atom stereocenters. The Hall–Kier alpha value is -3.34. The lowest BCUT2D eigenvalue weighted by atomic mass is 10.1. The second kappa shape index (κ2) is 8.67. The van der Waals surface area contributed by atoms with E-state index in [1.54, 1.807) is 30.5 Å². The van der Waals surface area contributed by atoms with Crippen LogP contribution < -0.4 is 14.9 Å². The maximum atomic E-state index is 11.9. The molecule has 0 heterocycles. The number of carbonyl (C=O) groups excluding carboxylic acids is 1. The zero-order valence-electron chi connectivity index (χ0n) is 14.5. The number of rotatable bonds is 7. The first-order valence-corrected chi connectivity index (χ1v) is 8.41. The number of carbonyl (C=O) groups is 1.